The zero-order valence-corrected chi connectivity index (χ0v) is 17.9. The molecular weight excluding hydrogens is 401 g/mol. The summed E-state index contributed by atoms with van der Waals surface area (Å²) >= 11 is 1.30. The van der Waals surface area contributed by atoms with E-state index >= 15 is 0 Å². The third-order valence-electron chi connectivity index (χ3n) is 7.91. The van der Waals surface area contributed by atoms with Crippen molar-refractivity contribution in [1.29, 1.82) is 0 Å². The first-order valence-corrected chi connectivity index (χ1v) is 11.7. The molecule has 0 aliphatic heterocycles. The highest BCUT2D eigenvalue weighted by molar-refractivity contribution is 7.13. The van der Waals surface area contributed by atoms with Crippen molar-refractivity contribution in [2.75, 3.05) is 5.32 Å². The molecule has 3 aliphatic carbocycles. The Bertz CT molecular complexity index is 979. The maximum absolute atomic E-state index is 14.4. The van der Waals surface area contributed by atoms with Crippen molar-refractivity contribution in [3.63, 3.8) is 0 Å². The summed E-state index contributed by atoms with van der Waals surface area (Å²) in [6.07, 6.45) is 5.13. The molecule has 0 radical (unpaired) electrons. The van der Waals surface area contributed by atoms with Crippen molar-refractivity contribution in [2.24, 2.45) is 23.2 Å². The van der Waals surface area contributed by atoms with Gasteiger partial charge < -0.3 is 5.32 Å². The lowest BCUT2D eigenvalue weighted by molar-refractivity contribution is -0.129. The Balaban J connectivity index is 1.36. The minimum Gasteiger partial charge on any atom is -0.301 e. The highest BCUT2D eigenvalue weighted by atomic mass is 32.1. The van der Waals surface area contributed by atoms with Gasteiger partial charge in [0.25, 0.3) is 0 Å². The zero-order valence-electron chi connectivity index (χ0n) is 17.1. The number of rotatable bonds is 4. The first-order valence-electron chi connectivity index (χ1n) is 10.8. The SMILES string of the molecule is C[C@]12CCC3c4cccc(F)c4CCC3C1[C@H](CCC(=O)Nc1nncs1)CC2=O. The Labute approximate surface area is 179 Å². The number of fused-ring (bicyclic) bond motifs is 5. The second kappa shape index (κ2) is 7.52. The molecule has 0 saturated heterocycles. The largest absolute Gasteiger partial charge is 0.301 e. The summed E-state index contributed by atoms with van der Waals surface area (Å²) in [7, 11) is 0. The van der Waals surface area contributed by atoms with Crippen LogP contribution in [-0.2, 0) is 16.0 Å². The molecule has 1 heterocycles. The number of hydrogen-bond donors (Lipinski definition) is 1. The average molecular weight is 428 g/mol. The van der Waals surface area contributed by atoms with Crippen LogP contribution in [0.3, 0.4) is 0 Å². The first kappa shape index (κ1) is 19.8. The fourth-order valence-corrected chi connectivity index (χ4v) is 7.09. The molecule has 5 nitrogen and oxygen atoms in total. The van der Waals surface area contributed by atoms with Crippen LogP contribution in [0.4, 0.5) is 9.52 Å². The number of halogens is 1. The molecule has 5 rings (SSSR count). The summed E-state index contributed by atoms with van der Waals surface area (Å²) in [5, 5.41) is 10.9. The lowest BCUT2D eigenvalue weighted by atomic mass is 9.54. The predicted octanol–water partition coefficient (Wildman–Crippen LogP) is 4.75. The van der Waals surface area contributed by atoms with Crippen LogP contribution in [0.1, 0.15) is 62.5 Å². The number of hydrogen-bond acceptors (Lipinski definition) is 5. The van der Waals surface area contributed by atoms with Gasteiger partial charge in [0, 0.05) is 18.3 Å². The smallest absolute Gasteiger partial charge is 0.226 e. The molecule has 2 saturated carbocycles. The van der Waals surface area contributed by atoms with Crippen molar-refractivity contribution >= 4 is 28.2 Å². The molecule has 1 aromatic heterocycles. The van der Waals surface area contributed by atoms with Crippen molar-refractivity contribution in [1.82, 2.24) is 10.2 Å². The van der Waals surface area contributed by atoms with Crippen LogP contribution in [0.15, 0.2) is 23.7 Å². The number of Topliss-reactive ketones (excluding diaryl/α,β-unsaturated/α-hetero) is 1. The standard InChI is InChI=1S/C23H26FN3O2S/c1-23-10-9-15-14-3-2-4-18(24)16(14)6-7-17(15)21(23)13(11-19(23)28)5-8-20(29)26-22-27-25-12-30-22/h2-4,12-13,15,17,21H,5-11H2,1H3,(H,26,27,29)/t13-,15?,17?,21?,23-/m1/s1. The summed E-state index contributed by atoms with van der Waals surface area (Å²) in [6, 6.07) is 5.46. The second-order valence-corrected chi connectivity index (χ2v) is 10.1. The fourth-order valence-electron chi connectivity index (χ4n) is 6.62. The van der Waals surface area contributed by atoms with E-state index in [-0.39, 0.29) is 29.0 Å². The van der Waals surface area contributed by atoms with Gasteiger partial charge in [-0.2, -0.15) is 0 Å². The maximum Gasteiger partial charge on any atom is 0.226 e. The van der Waals surface area contributed by atoms with Crippen LogP contribution in [0.25, 0.3) is 0 Å². The molecule has 0 spiro atoms. The lowest BCUT2D eigenvalue weighted by Gasteiger charge is -2.50. The average Bonchev–Trinajstić information content (AvgIpc) is 3.32. The Morgan fingerprint density at radius 2 is 2.23 bits per heavy atom. The summed E-state index contributed by atoms with van der Waals surface area (Å²) in [6.45, 7) is 2.14. The topological polar surface area (TPSA) is 72.0 Å². The van der Waals surface area contributed by atoms with Gasteiger partial charge in [-0.25, -0.2) is 4.39 Å². The van der Waals surface area contributed by atoms with Crippen molar-refractivity contribution in [3.8, 4) is 0 Å². The van der Waals surface area contributed by atoms with E-state index in [0.717, 1.165) is 36.8 Å². The monoisotopic (exact) mass is 427 g/mol. The Morgan fingerprint density at radius 3 is 3.03 bits per heavy atom. The van der Waals surface area contributed by atoms with Crippen molar-refractivity contribution in [3.05, 3.63) is 40.7 Å². The number of nitrogens with zero attached hydrogens (tertiary/aromatic N) is 2. The normalized spacial score (nSPS) is 32.3. The maximum atomic E-state index is 14.4. The summed E-state index contributed by atoms with van der Waals surface area (Å²) in [5.41, 5.74) is 3.31. The van der Waals surface area contributed by atoms with E-state index < -0.39 is 0 Å². The van der Waals surface area contributed by atoms with E-state index in [1.165, 1.54) is 11.3 Å². The third kappa shape index (κ3) is 3.18. The van der Waals surface area contributed by atoms with Gasteiger partial charge in [0.15, 0.2) is 0 Å². The molecule has 1 amide bonds. The minimum atomic E-state index is -0.299. The van der Waals surface area contributed by atoms with Gasteiger partial charge in [-0.05, 0) is 73.0 Å². The highest BCUT2D eigenvalue weighted by Gasteiger charge is 2.58. The molecule has 5 atom stereocenters. The van der Waals surface area contributed by atoms with E-state index in [0.29, 0.717) is 42.0 Å². The minimum absolute atomic E-state index is 0.0729. The Kier molecular flexibility index (Phi) is 4.96. The van der Waals surface area contributed by atoms with Crippen LogP contribution in [0, 0.1) is 29.0 Å². The molecule has 3 unspecified atom stereocenters. The van der Waals surface area contributed by atoms with Gasteiger partial charge in [-0.15, -0.1) is 10.2 Å². The van der Waals surface area contributed by atoms with Gasteiger partial charge in [0.05, 0.1) is 0 Å². The van der Waals surface area contributed by atoms with Gasteiger partial charge in [0.2, 0.25) is 11.0 Å². The van der Waals surface area contributed by atoms with Crippen molar-refractivity contribution in [2.45, 2.75) is 57.8 Å². The number of benzene rings is 1. The number of carbonyl (C=O) groups excluding carboxylic acids is 2. The number of carbonyl (C=O) groups is 2. The molecule has 158 valence electrons. The number of anilines is 1. The van der Waals surface area contributed by atoms with Gasteiger partial charge in [-0.1, -0.05) is 30.4 Å². The molecule has 0 bridgehead atoms. The molecule has 2 aromatic rings. The van der Waals surface area contributed by atoms with E-state index in [4.69, 9.17) is 0 Å². The molecule has 30 heavy (non-hydrogen) atoms. The van der Waals surface area contributed by atoms with Gasteiger partial charge >= 0.3 is 0 Å². The van der Waals surface area contributed by atoms with E-state index in [1.807, 2.05) is 6.07 Å². The molecule has 2 fully saturated rings. The van der Waals surface area contributed by atoms with Crippen molar-refractivity contribution < 1.29 is 14.0 Å². The molecule has 3 aliphatic rings. The number of nitrogens with one attached hydrogen (secondary N) is 1. The Hall–Kier alpha value is -2.15. The molecular formula is C23H26FN3O2S. The summed E-state index contributed by atoms with van der Waals surface area (Å²) < 4.78 is 14.4. The zero-order chi connectivity index (χ0) is 20.9. The van der Waals surface area contributed by atoms with Crippen LogP contribution >= 0.6 is 11.3 Å². The molecule has 1 N–H and O–H groups in total. The van der Waals surface area contributed by atoms with Crippen LogP contribution < -0.4 is 5.32 Å². The third-order valence-corrected chi connectivity index (χ3v) is 8.52. The van der Waals surface area contributed by atoms with E-state index in [2.05, 4.69) is 28.5 Å². The first-order chi connectivity index (χ1) is 14.5. The lowest BCUT2D eigenvalue weighted by Crippen LogP contribution is -2.44. The van der Waals surface area contributed by atoms with Crippen LogP contribution in [0.2, 0.25) is 0 Å². The number of ketones is 1. The summed E-state index contributed by atoms with van der Waals surface area (Å²) in [5.74, 6) is 1.39. The van der Waals surface area contributed by atoms with Crippen LogP contribution in [0.5, 0.6) is 0 Å². The number of amides is 1. The van der Waals surface area contributed by atoms with Crippen LogP contribution in [-0.4, -0.2) is 21.9 Å². The molecule has 1 aromatic carbocycles. The second-order valence-electron chi connectivity index (χ2n) is 9.32. The quantitative estimate of drug-likeness (QED) is 0.764. The predicted molar refractivity (Wildman–Crippen MR) is 113 cm³/mol. The number of aromatic nitrogens is 2. The Morgan fingerprint density at radius 1 is 1.37 bits per heavy atom. The summed E-state index contributed by atoms with van der Waals surface area (Å²) in [4.78, 5) is 25.4. The van der Waals surface area contributed by atoms with E-state index in [9.17, 15) is 14.0 Å². The van der Waals surface area contributed by atoms with E-state index in [1.54, 1.807) is 11.6 Å². The van der Waals surface area contributed by atoms with Gasteiger partial charge in [-0.3, -0.25) is 9.59 Å². The fraction of sp³-hybridized carbons (Fsp3) is 0.565. The van der Waals surface area contributed by atoms with Gasteiger partial charge in [0.1, 0.15) is 17.1 Å². The molecule has 7 heteroatoms. The highest BCUT2D eigenvalue weighted by Crippen LogP contribution is 2.62.